The van der Waals surface area contributed by atoms with Gasteiger partial charge in [0.25, 0.3) is 0 Å². The fraction of sp³-hybridized carbons (Fsp3) is 0.238. The molecule has 7 heteroatoms. The summed E-state index contributed by atoms with van der Waals surface area (Å²) in [6, 6.07) is 2.03. The molecule has 28 heavy (non-hydrogen) atoms. The minimum absolute atomic E-state index is 0.0358. The first-order chi connectivity index (χ1) is 13.3. The van der Waals surface area contributed by atoms with Gasteiger partial charge in [0.05, 0.1) is 29.7 Å². The first-order valence-electron chi connectivity index (χ1n) is 8.30. The summed E-state index contributed by atoms with van der Waals surface area (Å²) in [5.74, 6) is -0.580. The van der Waals surface area contributed by atoms with Crippen LogP contribution in [0.4, 0.5) is 13.2 Å². The molecule has 0 saturated heterocycles. The summed E-state index contributed by atoms with van der Waals surface area (Å²) in [6.45, 7) is 7.41. The lowest BCUT2D eigenvalue weighted by molar-refractivity contribution is -0.138. The van der Waals surface area contributed by atoms with E-state index in [1.54, 1.807) is 18.2 Å². The lowest BCUT2D eigenvalue weighted by Gasteiger charge is -2.14. The Morgan fingerprint density at radius 1 is 1.29 bits per heavy atom. The van der Waals surface area contributed by atoms with Crippen molar-refractivity contribution in [2.75, 3.05) is 20.3 Å². The van der Waals surface area contributed by atoms with Gasteiger partial charge in [0.15, 0.2) is 5.78 Å². The largest absolute Gasteiger partial charge is 0.496 e. The zero-order valence-corrected chi connectivity index (χ0v) is 15.5. The lowest BCUT2D eigenvalue weighted by atomic mass is 9.97. The molecule has 1 heterocycles. The third-order valence-electron chi connectivity index (χ3n) is 3.38. The molecule has 1 rings (SSSR count). The molecule has 0 aliphatic rings. The van der Waals surface area contributed by atoms with E-state index in [1.807, 2.05) is 0 Å². The normalized spacial score (nSPS) is 12.9. The summed E-state index contributed by atoms with van der Waals surface area (Å²) < 4.78 is 50.1. The number of pyridine rings is 1. The first kappa shape index (κ1) is 23.1. The molecule has 4 nitrogen and oxygen atoms in total. The van der Waals surface area contributed by atoms with Crippen LogP contribution in [-0.4, -0.2) is 31.1 Å². The smallest absolute Gasteiger partial charge is 0.418 e. The van der Waals surface area contributed by atoms with E-state index in [0.29, 0.717) is 12.2 Å². The van der Waals surface area contributed by atoms with Gasteiger partial charge in [-0.1, -0.05) is 43.5 Å². The number of ketones is 1. The summed E-state index contributed by atoms with van der Waals surface area (Å²) in [5.41, 5.74) is -1.22. The molecule has 0 spiro atoms. The summed E-state index contributed by atoms with van der Waals surface area (Å²) in [6.07, 6.45) is 5.18. The molecule has 0 N–H and O–H groups in total. The van der Waals surface area contributed by atoms with Crippen LogP contribution in [0.3, 0.4) is 0 Å². The molecule has 0 amide bonds. The third kappa shape index (κ3) is 7.36. The van der Waals surface area contributed by atoms with E-state index in [4.69, 9.17) is 9.47 Å². The summed E-state index contributed by atoms with van der Waals surface area (Å²) in [5, 5.41) is 0. The van der Waals surface area contributed by atoms with Gasteiger partial charge < -0.3 is 9.47 Å². The number of hydrogen-bond acceptors (Lipinski definition) is 4. The average Bonchev–Trinajstić information content (AvgIpc) is 2.65. The molecular formula is C21H22F3NO3. The number of allylic oxidation sites excluding steroid dienone is 5. The topological polar surface area (TPSA) is 48.4 Å². The number of carbonyl (C=O) groups excluding carboxylic acids is 1. The van der Waals surface area contributed by atoms with Gasteiger partial charge in [-0.3, -0.25) is 9.78 Å². The Bertz CT molecular complexity index is 777. The molecule has 1 aromatic heterocycles. The van der Waals surface area contributed by atoms with E-state index in [-0.39, 0.29) is 18.6 Å². The molecule has 0 bridgehead atoms. The fourth-order valence-corrected chi connectivity index (χ4v) is 2.20. The Balaban J connectivity index is 3.30. The molecule has 0 aromatic carbocycles. The molecule has 0 aliphatic carbocycles. The van der Waals surface area contributed by atoms with E-state index in [2.05, 4.69) is 18.1 Å². The Kier molecular flexibility index (Phi) is 9.67. The molecule has 0 unspecified atom stereocenters. The van der Waals surface area contributed by atoms with E-state index in [9.17, 15) is 18.0 Å². The number of halogens is 3. The Labute approximate surface area is 162 Å². The van der Waals surface area contributed by atoms with Gasteiger partial charge in [-0.05, 0) is 17.7 Å². The molecule has 150 valence electrons. The number of nitrogens with zero attached hydrogens (tertiary/aromatic N) is 1. The van der Waals surface area contributed by atoms with Gasteiger partial charge in [-0.25, -0.2) is 0 Å². The Morgan fingerprint density at radius 2 is 2.04 bits per heavy atom. The number of rotatable bonds is 11. The maximum Gasteiger partial charge on any atom is 0.418 e. The van der Waals surface area contributed by atoms with Crippen molar-refractivity contribution in [3.8, 4) is 0 Å². The van der Waals surface area contributed by atoms with Crippen molar-refractivity contribution in [2.45, 2.75) is 12.6 Å². The second kappa shape index (κ2) is 11.7. The SMILES string of the molecule is C=C/C=C(\C=C/COC)CC(=O)/C(=C\OCC=C)c1ncccc1C(F)(F)F. The third-order valence-corrected chi connectivity index (χ3v) is 3.38. The standard InChI is InChI=1S/C21H22F3NO3/c1-4-8-16(9-7-13-27-3)14-19(26)17(15-28-12-5-2)20-18(21(22,23)24)10-6-11-25-20/h4-11,15H,1-2,12-14H2,3H3/b9-7-,16-8+,17-15+. The predicted molar refractivity (Wildman–Crippen MR) is 102 cm³/mol. The first-order valence-corrected chi connectivity index (χ1v) is 8.30. The van der Waals surface area contributed by atoms with Crippen molar-refractivity contribution in [3.63, 3.8) is 0 Å². The summed E-state index contributed by atoms with van der Waals surface area (Å²) in [7, 11) is 1.52. The quantitative estimate of drug-likeness (QED) is 0.176. The van der Waals surface area contributed by atoms with Crippen LogP contribution in [0.5, 0.6) is 0 Å². The number of Topliss-reactive ketones (excluding diaryl/α,β-unsaturated/α-hetero) is 1. The lowest BCUT2D eigenvalue weighted by Crippen LogP contribution is -2.14. The minimum atomic E-state index is -4.67. The Hall–Kier alpha value is -2.93. The highest BCUT2D eigenvalue weighted by Crippen LogP contribution is 2.34. The van der Waals surface area contributed by atoms with Crippen LogP contribution < -0.4 is 0 Å². The maximum absolute atomic E-state index is 13.4. The van der Waals surface area contributed by atoms with Crippen molar-refractivity contribution < 1.29 is 27.4 Å². The van der Waals surface area contributed by atoms with Crippen LogP contribution in [0, 0.1) is 0 Å². The van der Waals surface area contributed by atoms with E-state index < -0.39 is 23.2 Å². The van der Waals surface area contributed by atoms with Crippen LogP contribution in [0.2, 0.25) is 0 Å². The highest BCUT2D eigenvalue weighted by molar-refractivity contribution is 6.21. The molecule has 0 atom stereocenters. The maximum atomic E-state index is 13.4. The van der Waals surface area contributed by atoms with Gasteiger partial charge in [-0.2, -0.15) is 13.2 Å². The van der Waals surface area contributed by atoms with Crippen molar-refractivity contribution in [1.29, 1.82) is 0 Å². The van der Waals surface area contributed by atoms with Crippen LogP contribution in [-0.2, 0) is 20.4 Å². The monoisotopic (exact) mass is 393 g/mol. The molecule has 0 radical (unpaired) electrons. The van der Waals surface area contributed by atoms with Crippen LogP contribution in [0.15, 0.2) is 73.7 Å². The fourth-order valence-electron chi connectivity index (χ4n) is 2.20. The number of hydrogen-bond donors (Lipinski definition) is 0. The number of alkyl halides is 3. The van der Waals surface area contributed by atoms with Gasteiger partial charge in [0.1, 0.15) is 6.61 Å². The van der Waals surface area contributed by atoms with Crippen molar-refractivity contribution in [2.24, 2.45) is 0 Å². The van der Waals surface area contributed by atoms with Gasteiger partial charge in [-0.15, -0.1) is 0 Å². The van der Waals surface area contributed by atoms with Gasteiger partial charge >= 0.3 is 6.18 Å². The van der Waals surface area contributed by atoms with E-state index >= 15 is 0 Å². The highest BCUT2D eigenvalue weighted by atomic mass is 19.4. The van der Waals surface area contributed by atoms with Crippen LogP contribution in [0.1, 0.15) is 17.7 Å². The van der Waals surface area contributed by atoms with Gasteiger partial charge in [0.2, 0.25) is 0 Å². The molecular weight excluding hydrogens is 371 g/mol. The van der Waals surface area contributed by atoms with Gasteiger partial charge in [0, 0.05) is 19.7 Å². The Morgan fingerprint density at radius 3 is 2.64 bits per heavy atom. The second-order valence-electron chi connectivity index (χ2n) is 5.49. The predicted octanol–water partition coefficient (Wildman–Crippen LogP) is 4.92. The molecule has 0 fully saturated rings. The van der Waals surface area contributed by atoms with Crippen molar-refractivity contribution >= 4 is 11.4 Å². The molecule has 1 aromatic rings. The van der Waals surface area contributed by atoms with E-state index in [0.717, 1.165) is 18.4 Å². The molecule has 0 saturated carbocycles. The number of ether oxygens (including phenoxy) is 2. The van der Waals surface area contributed by atoms with Crippen LogP contribution in [0.25, 0.3) is 5.57 Å². The van der Waals surface area contributed by atoms with Crippen molar-refractivity contribution in [1.82, 2.24) is 4.98 Å². The molecule has 0 aliphatic heterocycles. The number of methoxy groups -OCH3 is 1. The van der Waals surface area contributed by atoms with E-state index in [1.165, 1.54) is 25.5 Å². The minimum Gasteiger partial charge on any atom is -0.496 e. The van der Waals surface area contributed by atoms with Crippen molar-refractivity contribution in [3.05, 3.63) is 85.0 Å². The zero-order valence-electron chi connectivity index (χ0n) is 15.5. The average molecular weight is 393 g/mol. The van der Waals surface area contributed by atoms with Crippen LogP contribution >= 0.6 is 0 Å². The summed E-state index contributed by atoms with van der Waals surface area (Å²) in [4.78, 5) is 16.6. The highest BCUT2D eigenvalue weighted by Gasteiger charge is 2.36. The zero-order chi connectivity index (χ0) is 21.0. The summed E-state index contributed by atoms with van der Waals surface area (Å²) >= 11 is 0. The number of carbonyl (C=O) groups is 1. The number of aromatic nitrogens is 1. The second-order valence-corrected chi connectivity index (χ2v) is 5.49.